The molecule has 0 aromatic carbocycles. The van der Waals surface area contributed by atoms with Crippen molar-refractivity contribution in [1.82, 2.24) is 29.9 Å². The maximum Gasteiger partial charge on any atom is 0.163 e. The number of hydrogen-bond donors (Lipinski definition) is 2. The number of H-pyrrole nitrogens is 1. The Morgan fingerprint density at radius 3 is 2.87 bits per heavy atom. The zero-order valence-electron chi connectivity index (χ0n) is 14.1. The smallest absolute Gasteiger partial charge is 0.163 e. The molecule has 3 heterocycles. The van der Waals surface area contributed by atoms with Crippen molar-refractivity contribution in [3.05, 3.63) is 29.5 Å². The zero-order valence-corrected chi connectivity index (χ0v) is 14.1. The van der Waals surface area contributed by atoms with Crippen LogP contribution in [0.5, 0.6) is 0 Å². The van der Waals surface area contributed by atoms with Gasteiger partial charge in [-0.2, -0.15) is 10.2 Å². The average molecular weight is 313 g/mol. The molecule has 1 unspecified atom stereocenters. The Morgan fingerprint density at radius 2 is 2.17 bits per heavy atom. The predicted molar refractivity (Wildman–Crippen MR) is 90.4 cm³/mol. The highest BCUT2D eigenvalue weighted by molar-refractivity contribution is 5.86. The first-order valence-electron chi connectivity index (χ1n) is 8.03. The Balaban J connectivity index is 1.85. The molecule has 0 radical (unpaired) electrons. The molecule has 0 fully saturated rings. The van der Waals surface area contributed by atoms with E-state index in [4.69, 9.17) is 0 Å². The van der Waals surface area contributed by atoms with Crippen LogP contribution in [-0.4, -0.2) is 36.0 Å². The van der Waals surface area contributed by atoms with Crippen molar-refractivity contribution in [2.24, 2.45) is 7.05 Å². The summed E-state index contributed by atoms with van der Waals surface area (Å²) in [5.74, 6) is 1.71. The number of rotatable bonds is 6. The van der Waals surface area contributed by atoms with E-state index >= 15 is 0 Å². The van der Waals surface area contributed by atoms with Gasteiger partial charge in [0.15, 0.2) is 5.65 Å². The van der Waals surface area contributed by atoms with Gasteiger partial charge in [0.05, 0.1) is 17.3 Å². The third kappa shape index (κ3) is 3.33. The highest BCUT2D eigenvalue weighted by Gasteiger charge is 2.14. The molecule has 3 aromatic heterocycles. The minimum Gasteiger partial charge on any atom is -0.367 e. The molecule has 2 N–H and O–H groups in total. The molecule has 0 spiro atoms. The molecule has 3 aromatic rings. The number of anilines is 1. The van der Waals surface area contributed by atoms with Gasteiger partial charge in [0.25, 0.3) is 0 Å². The summed E-state index contributed by atoms with van der Waals surface area (Å²) < 4.78 is 1.79. The molecule has 23 heavy (non-hydrogen) atoms. The highest BCUT2D eigenvalue weighted by Crippen LogP contribution is 2.21. The molecule has 7 nitrogen and oxygen atoms in total. The minimum atomic E-state index is 0.213. The quantitative estimate of drug-likeness (QED) is 0.730. The van der Waals surface area contributed by atoms with Gasteiger partial charge in [-0.15, -0.1) is 0 Å². The van der Waals surface area contributed by atoms with E-state index in [1.807, 2.05) is 20.2 Å². The Hall–Kier alpha value is -2.44. The number of aromatic amines is 1. The van der Waals surface area contributed by atoms with Crippen molar-refractivity contribution in [3.63, 3.8) is 0 Å². The normalized spacial score (nSPS) is 12.7. The molecule has 0 aliphatic rings. The molecule has 3 rings (SSSR count). The first-order valence-corrected chi connectivity index (χ1v) is 8.03. The van der Waals surface area contributed by atoms with Crippen molar-refractivity contribution in [2.45, 2.75) is 46.1 Å². The monoisotopic (exact) mass is 313 g/mol. The molecule has 122 valence electrons. The molecule has 0 aliphatic carbocycles. The van der Waals surface area contributed by atoms with Gasteiger partial charge in [-0.3, -0.25) is 9.78 Å². The molecular formula is C16H23N7. The van der Waals surface area contributed by atoms with Crippen LogP contribution in [0.15, 0.2) is 12.3 Å². The third-order valence-electron chi connectivity index (χ3n) is 3.77. The van der Waals surface area contributed by atoms with E-state index in [0.717, 1.165) is 53.3 Å². The van der Waals surface area contributed by atoms with Crippen LogP contribution in [0.4, 0.5) is 5.82 Å². The summed E-state index contributed by atoms with van der Waals surface area (Å²) >= 11 is 0. The summed E-state index contributed by atoms with van der Waals surface area (Å²) in [5.41, 5.74) is 3.00. The number of aryl methyl sites for hydroxylation is 3. The van der Waals surface area contributed by atoms with E-state index in [1.54, 1.807) is 4.68 Å². The van der Waals surface area contributed by atoms with E-state index in [0.29, 0.717) is 0 Å². The SMILES string of the molecule is CCCc1nc(NC(C)Cc2cc(C)[nH]n2)c2cnn(C)c2n1. The number of aromatic nitrogens is 6. The van der Waals surface area contributed by atoms with Crippen molar-refractivity contribution in [3.8, 4) is 0 Å². The van der Waals surface area contributed by atoms with Crippen LogP contribution in [0.1, 0.15) is 37.5 Å². The summed E-state index contributed by atoms with van der Waals surface area (Å²) in [6, 6.07) is 2.28. The van der Waals surface area contributed by atoms with Crippen molar-refractivity contribution in [2.75, 3.05) is 5.32 Å². The summed E-state index contributed by atoms with van der Waals surface area (Å²) in [6.45, 7) is 6.27. The van der Waals surface area contributed by atoms with Gasteiger partial charge in [-0.05, 0) is 26.3 Å². The summed E-state index contributed by atoms with van der Waals surface area (Å²) in [6.07, 6.45) is 4.53. The molecular weight excluding hydrogens is 290 g/mol. The second-order valence-corrected chi connectivity index (χ2v) is 6.04. The largest absolute Gasteiger partial charge is 0.367 e. The van der Waals surface area contributed by atoms with Gasteiger partial charge in [-0.25, -0.2) is 9.97 Å². The van der Waals surface area contributed by atoms with Crippen LogP contribution in [0.3, 0.4) is 0 Å². The first-order chi connectivity index (χ1) is 11.1. The van der Waals surface area contributed by atoms with E-state index in [9.17, 15) is 0 Å². The Bertz CT molecular complexity index is 802. The van der Waals surface area contributed by atoms with E-state index in [-0.39, 0.29) is 6.04 Å². The van der Waals surface area contributed by atoms with Crippen molar-refractivity contribution >= 4 is 16.9 Å². The first kappa shape index (κ1) is 15.5. The van der Waals surface area contributed by atoms with Crippen LogP contribution >= 0.6 is 0 Å². The van der Waals surface area contributed by atoms with Crippen LogP contribution < -0.4 is 5.32 Å². The maximum atomic E-state index is 4.69. The van der Waals surface area contributed by atoms with Crippen LogP contribution in [0.25, 0.3) is 11.0 Å². The lowest BCUT2D eigenvalue weighted by Gasteiger charge is -2.14. The van der Waals surface area contributed by atoms with Crippen molar-refractivity contribution in [1.29, 1.82) is 0 Å². The molecule has 7 heteroatoms. The van der Waals surface area contributed by atoms with E-state index in [2.05, 4.69) is 50.5 Å². The molecule has 0 bridgehead atoms. The standard InChI is InChI=1S/C16H23N7/c1-5-6-14-19-15(13-9-17-23(4)16(13)20-14)18-10(2)7-12-8-11(3)21-22-12/h8-10H,5-7H2,1-4H3,(H,21,22)(H,18,19,20). The van der Waals surface area contributed by atoms with Gasteiger partial charge in [0.2, 0.25) is 0 Å². The lowest BCUT2D eigenvalue weighted by atomic mass is 10.1. The number of fused-ring (bicyclic) bond motifs is 1. The molecule has 0 aliphatic heterocycles. The number of nitrogens with one attached hydrogen (secondary N) is 2. The van der Waals surface area contributed by atoms with Gasteiger partial charge >= 0.3 is 0 Å². The summed E-state index contributed by atoms with van der Waals surface area (Å²) in [7, 11) is 1.91. The fourth-order valence-corrected chi connectivity index (χ4v) is 2.69. The molecule has 0 saturated heterocycles. The van der Waals surface area contributed by atoms with Crippen LogP contribution in [0, 0.1) is 6.92 Å². The number of nitrogens with zero attached hydrogens (tertiary/aromatic N) is 5. The molecule has 0 saturated carbocycles. The second-order valence-electron chi connectivity index (χ2n) is 6.04. The lowest BCUT2D eigenvalue weighted by molar-refractivity contribution is 0.752. The summed E-state index contributed by atoms with van der Waals surface area (Å²) in [4.78, 5) is 9.30. The average Bonchev–Trinajstić information content (AvgIpc) is 3.06. The van der Waals surface area contributed by atoms with E-state index < -0.39 is 0 Å². The highest BCUT2D eigenvalue weighted by atomic mass is 15.3. The van der Waals surface area contributed by atoms with Crippen molar-refractivity contribution < 1.29 is 0 Å². The lowest BCUT2D eigenvalue weighted by Crippen LogP contribution is -2.20. The fourth-order valence-electron chi connectivity index (χ4n) is 2.69. The summed E-state index contributed by atoms with van der Waals surface area (Å²) in [5, 5.41) is 16.0. The van der Waals surface area contributed by atoms with Gasteiger partial charge in [-0.1, -0.05) is 6.92 Å². The molecule has 0 amide bonds. The Morgan fingerprint density at radius 1 is 1.35 bits per heavy atom. The topological polar surface area (TPSA) is 84.3 Å². The van der Waals surface area contributed by atoms with Gasteiger partial charge < -0.3 is 5.32 Å². The predicted octanol–water partition coefficient (Wildman–Crippen LogP) is 2.39. The zero-order chi connectivity index (χ0) is 16.4. The second kappa shape index (κ2) is 6.36. The van der Waals surface area contributed by atoms with Gasteiger partial charge in [0.1, 0.15) is 11.6 Å². The Labute approximate surface area is 135 Å². The van der Waals surface area contributed by atoms with E-state index in [1.165, 1.54) is 0 Å². The van der Waals surface area contributed by atoms with Crippen LogP contribution in [-0.2, 0) is 19.9 Å². The maximum absolute atomic E-state index is 4.69. The third-order valence-corrected chi connectivity index (χ3v) is 3.77. The Kier molecular flexibility index (Phi) is 4.27. The minimum absolute atomic E-state index is 0.213. The van der Waals surface area contributed by atoms with Gasteiger partial charge in [0, 0.05) is 31.6 Å². The fraction of sp³-hybridized carbons (Fsp3) is 0.500. The number of hydrogen-bond acceptors (Lipinski definition) is 5. The molecule has 1 atom stereocenters. The van der Waals surface area contributed by atoms with Crippen LogP contribution in [0.2, 0.25) is 0 Å².